The first-order chi connectivity index (χ1) is 15.0. The first-order valence-corrected chi connectivity index (χ1v) is 10.0. The third-order valence-corrected chi connectivity index (χ3v) is 5.20. The molecule has 0 atom stereocenters. The number of rotatable bonds is 4. The molecule has 1 aliphatic heterocycles. The van der Waals surface area contributed by atoms with Crippen molar-refractivity contribution in [1.29, 1.82) is 0 Å². The number of carbonyl (C=O) groups excluding carboxylic acids is 2. The molecule has 3 aromatic rings. The molecule has 8 nitrogen and oxygen atoms in total. The van der Waals surface area contributed by atoms with E-state index in [1.807, 2.05) is 0 Å². The van der Waals surface area contributed by atoms with Gasteiger partial charge in [-0.2, -0.15) is 0 Å². The number of H-pyrrole nitrogens is 1. The smallest absolute Gasteiger partial charge is 0.261 e. The van der Waals surface area contributed by atoms with Crippen LogP contribution in [0, 0.1) is 0 Å². The number of hydrogen-bond acceptors (Lipinski definition) is 5. The number of fused-ring (bicyclic) bond motifs is 1. The molecule has 2 N–H and O–H groups in total. The number of aromatic nitrogens is 1. The number of anilines is 1. The molecule has 2 amide bonds. The van der Waals surface area contributed by atoms with E-state index in [0.29, 0.717) is 54.2 Å². The molecule has 160 valence electrons. The summed E-state index contributed by atoms with van der Waals surface area (Å²) in [5, 5.41) is 3.43. The van der Waals surface area contributed by atoms with E-state index in [4.69, 9.17) is 9.47 Å². The van der Waals surface area contributed by atoms with Crippen molar-refractivity contribution in [1.82, 2.24) is 9.88 Å². The summed E-state index contributed by atoms with van der Waals surface area (Å²) in [6, 6.07) is 13.4. The maximum Gasteiger partial charge on any atom is 0.261 e. The normalized spacial score (nSPS) is 14.2. The molecule has 8 heteroatoms. The Morgan fingerprint density at radius 3 is 2.65 bits per heavy atom. The maximum absolute atomic E-state index is 12.7. The zero-order valence-corrected chi connectivity index (χ0v) is 17.1. The van der Waals surface area contributed by atoms with E-state index in [1.165, 1.54) is 0 Å². The van der Waals surface area contributed by atoms with Crippen LogP contribution in [0.4, 0.5) is 5.69 Å². The van der Waals surface area contributed by atoms with Gasteiger partial charge in [0.1, 0.15) is 11.3 Å². The van der Waals surface area contributed by atoms with Crippen molar-refractivity contribution in [2.75, 3.05) is 38.7 Å². The summed E-state index contributed by atoms with van der Waals surface area (Å²) in [5.74, 6) is 0.0233. The third-order valence-electron chi connectivity index (χ3n) is 5.20. The van der Waals surface area contributed by atoms with Gasteiger partial charge >= 0.3 is 0 Å². The molecule has 0 unspecified atom stereocenters. The minimum Gasteiger partial charge on any atom is -0.497 e. The lowest BCUT2D eigenvalue weighted by molar-refractivity contribution is 0.0741. The summed E-state index contributed by atoms with van der Waals surface area (Å²) in [6.45, 7) is 2.42. The number of carbonyl (C=O) groups is 2. The van der Waals surface area contributed by atoms with Crippen molar-refractivity contribution < 1.29 is 19.1 Å². The molecule has 0 saturated carbocycles. The van der Waals surface area contributed by atoms with Gasteiger partial charge in [0.15, 0.2) is 0 Å². The van der Waals surface area contributed by atoms with Crippen LogP contribution in [0.3, 0.4) is 0 Å². The summed E-state index contributed by atoms with van der Waals surface area (Å²) in [5.41, 5.74) is 1.13. The van der Waals surface area contributed by atoms with Gasteiger partial charge in [-0.1, -0.05) is 0 Å². The lowest BCUT2D eigenvalue weighted by Crippen LogP contribution is -2.33. The van der Waals surface area contributed by atoms with Gasteiger partial charge in [0.25, 0.3) is 17.4 Å². The van der Waals surface area contributed by atoms with Gasteiger partial charge in [0.05, 0.1) is 19.2 Å². The van der Waals surface area contributed by atoms with Crippen LogP contribution in [-0.2, 0) is 4.74 Å². The van der Waals surface area contributed by atoms with E-state index in [1.54, 1.807) is 60.5 Å². The van der Waals surface area contributed by atoms with Gasteiger partial charge in [-0.15, -0.1) is 0 Å². The number of nitrogens with one attached hydrogen (secondary N) is 2. The minimum atomic E-state index is -0.525. The Morgan fingerprint density at radius 2 is 1.87 bits per heavy atom. The Bertz CT molecular complexity index is 1160. The second-order valence-corrected chi connectivity index (χ2v) is 7.25. The predicted molar refractivity (Wildman–Crippen MR) is 117 cm³/mol. The number of benzene rings is 2. The number of ether oxygens (including phenoxy) is 2. The average Bonchev–Trinajstić information content (AvgIpc) is 3.08. The standard InChI is InChI=1S/C23H23N3O5/c1-30-18-8-5-16-13-19(22(28)25-20(16)14-18)21(27)24-17-6-3-15(4-7-17)23(29)26-9-2-11-31-12-10-26/h3-8,13-14H,2,9-12H2,1H3,(H,24,27)(H,25,28). The first-order valence-electron chi connectivity index (χ1n) is 10.0. The van der Waals surface area contributed by atoms with Crippen molar-refractivity contribution in [2.45, 2.75) is 6.42 Å². The lowest BCUT2D eigenvalue weighted by atomic mass is 10.1. The molecule has 1 saturated heterocycles. The Kier molecular flexibility index (Phi) is 5.99. The monoisotopic (exact) mass is 421 g/mol. The van der Waals surface area contributed by atoms with Crippen LogP contribution >= 0.6 is 0 Å². The second kappa shape index (κ2) is 9.01. The lowest BCUT2D eigenvalue weighted by Gasteiger charge is -2.19. The van der Waals surface area contributed by atoms with Crippen molar-refractivity contribution in [3.63, 3.8) is 0 Å². The van der Waals surface area contributed by atoms with Gasteiger partial charge < -0.3 is 24.7 Å². The van der Waals surface area contributed by atoms with Gasteiger partial charge in [0, 0.05) is 37.0 Å². The molecule has 1 fully saturated rings. The zero-order valence-electron chi connectivity index (χ0n) is 17.1. The highest BCUT2D eigenvalue weighted by Crippen LogP contribution is 2.19. The fourth-order valence-electron chi connectivity index (χ4n) is 3.50. The Balaban J connectivity index is 1.49. The van der Waals surface area contributed by atoms with Crippen LogP contribution in [-0.4, -0.2) is 55.1 Å². The van der Waals surface area contributed by atoms with Crippen LogP contribution in [0.15, 0.2) is 53.3 Å². The number of nitrogens with zero attached hydrogens (tertiary/aromatic N) is 1. The number of amides is 2. The SMILES string of the molecule is COc1ccc2cc(C(=O)Nc3ccc(C(=O)N4CCCOCC4)cc3)c(=O)[nH]c2c1. The zero-order chi connectivity index (χ0) is 21.8. The molecule has 0 radical (unpaired) electrons. The topological polar surface area (TPSA) is 101 Å². The second-order valence-electron chi connectivity index (χ2n) is 7.25. The van der Waals surface area contributed by atoms with E-state index < -0.39 is 11.5 Å². The highest BCUT2D eigenvalue weighted by atomic mass is 16.5. The molecular weight excluding hydrogens is 398 g/mol. The Morgan fingerprint density at radius 1 is 1.06 bits per heavy atom. The Hall–Kier alpha value is -3.65. The summed E-state index contributed by atoms with van der Waals surface area (Å²) in [4.78, 5) is 42.2. The van der Waals surface area contributed by atoms with E-state index in [-0.39, 0.29) is 11.5 Å². The van der Waals surface area contributed by atoms with Crippen molar-refractivity contribution >= 4 is 28.4 Å². The minimum absolute atomic E-state index is 0.00221. The molecule has 2 heterocycles. The molecule has 0 bridgehead atoms. The molecule has 1 aromatic heterocycles. The van der Waals surface area contributed by atoms with Crippen molar-refractivity contribution in [3.8, 4) is 5.75 Å². The number of aromatic amines is 1. The van der Waals surface area contributed by atoms with E-state index in [2.05, 4.69) is 10.3 Å². The largest absolute Gasteiger partial charge is 0.497 e. The Labute approximate surface area is 178 Å². The van der Waals surface area contributed by atoms with Crippen LogP contribution in [0.2, 0.25) is 0 Å². The summed E-state index contributed by atoms with van der Waals surface area (Å²) < 4.78 is 10.5. The summed E-state index contributed by atoms with van der Waals surface area (Å²) in [6.07, 6.45) is 0.812. The molecule has 0 spiro atoms. The molecular formula is C23H23N3O5. The van der Waals surface area contributed by atoms with Gasteiger partial charge in [-0.05, 0) is 54.3 Å². The van der Waals surface area contributed by atoms with Crippen molar-refractivity contribution in [2.24, 2.45) is 0 Å². The fraction of sp³-hybridized carbons (Fsp3) is 0.261. The highest BCUT2D eigenvalue weighted by molar-refractivity contribution is 6.06. The van der Waals surface area contributed by atoms with Gasteiger partial charge in [-0.25, -0.2) is 0 Å². The van der Waals surface area contributed by atoms with Gasteiger partial charge in [0.2, 0.25) is 0 Å². The van der Waals surface area contributed by atoms with E-state index in [0.717, 1.165) is 6.42 Å². The average molecular weight is 421 g/mol. The number of hydrogen-bond donors (Lipinski definition) is 2. The predicted octanol–water partition coefficient (Wildman–Crippen LogP) is 2.65. The third kappa shape index (κ3) is 4.59. The molecule has 0 aliphatic carbocycles. The van der Waals surface area contributed by atoms with Crippen LogP contribution in [0.5, 0.6) is 5.75 Å². The molecule has 31 heavy (non-hydrogen) atoms. The maximum atomic E-state index is 12.7. The molecule has 4 rings (SSSR count). The summed E-state index contributed by atoms with van der Waals surface area (Å²) in [7, 11) is 1.54. The summed E-state index contributed by atoms with van der Waals surface area (Å²) >= 11 is 0. The van der Waals surface area contributed by atoms with Crippen molar-refractivity contribution in [3.05, 3.63) is 70.0 Å². The van der Waals surface area contributed by atoms with E-state index >= 15 is 0 Å². The van der Waals surface area contributed by atoms with E-state index in [9.17, 15) is 14.4 Å². The van der Waals surface area contributed by atoms with Crippen LogP contribution < -0.4 is 15.6 Å². The number of pyridine rings is 1. The quantitative estimate of drug-likeness (QED) is 0.675. The molecule has 1 aliphatic rings. The van der Waals surface area contributed by atoms with Gasteiger partial charge in [-0.3, -0.25) is 14.4 Å². The fourth-order valence-corrected chi connectivity index (χ4v) is 3.50. The van der Waals surface area contributed by atoms with Crippen LogP contribution in [0.1, 0.15) is 27.1 Å². The number of methoxy groups -OCH3 is 1. The molecule has 2 aromatic carbocycles. The van der Waals surface area contributed by atoms with Crippen LogP contribution in [0.25, 0.3) is 10.9 Å². The highest BCUT2D eigenvalue weighted by Gasteiger charge is 2.18. The first kappa shape index (κ1) is 20.6.